The lowest BCUT2D eigenvalue weighted by Crippen LogP contribution is -2.62. The van der Waals surface area contributed by atoms with E-state index in [1.807, 2.05) is 12.4 Å². The van der Waals surface area contributed by atoms with Gasteiger partial charge in [-0.15, -0.1) is 0 Å². The highest BCUT2D eigenvalue weighted by Crippen LogP contribution is 2.45. The van der Waals surface area contributed by atoms with Crippen molar-refractivity contribution in [2.75, 3.05) is 58.3 Å². The van der Waals surface area contributed by atoms with Crippen molar-refractivity contribution in [1.29, 1.82) is 0 Å². The molecule has 0 bridgehead atoms. The summed E-state index contributed by atoms with van der Waals surface area (Å²) in [5.74, 6) is 0.912. The van der Waals surface area contributed by atoms with Gasteiger partial charge < -0.3 is 14.7 Å². The van der Waals surface area contributed by atoms with Gasteiger partial charge in [-0.3, -0.25) is 4.98 Å². The van der Waals surface area contributed by atoms with E-state index < -0.39 is 0 Å². The number of likely N-dealkylation sites (tertiary alicyclic amines) is 2. The Morgan fingerprint density at radius 1 is 1.19 bits per heavy atom. The van der Waals surface area contributed by atoms with E-state index in [2.05, 4.69) is 39.8 Å². The molecule has 1 aromatic heterocycles. The van der Waals surface area contributed by atoms with E-state index in [0.29, 0.717) is 5.41 Å². The highest BCUT2D eigenvalue weighted by molar-refractivity contribution is 5.62. The maximum Gasteiger partial charge on any atom is 0.0590 e. The molecule has 114 valence electrons. The number of piperidine rings is 1. The SMILES string of the molecule is CN1CCC(CN2CC3(C2)CN(C)c2cnccc23)CC1. The Bertz CT molecular complexity index is 515. The summed E-state index contributed by atoms with van der Waals surface area (Å²) in [6.45, 7) is 7.50. The molecule has 2 saturated heterocycles. The van der Waals surface area contributed by atoms with Crippen molar-refractivity contribution in [1.82, 2.24) is 14.8 Å². The molecule has 0 atom stereocenters. The molecule has 0 N–H and O–H groups in total. The fourth-order valence-electron chi connectivity index (χ4n) is 4.58. The Labute approximate surface area is 127 Å². The van der Waals surface area contributed by atoms with Gasteiger partial charge in [0.1, 0.15) is 0 Å². The average Bonchev–Trinajstić information content (AvgIpc) is 2.75. The second kappa shape index (κ2) is 4.96. The van der Waals surface area contributed by atoms with Gasteiger partial charge in [-0.1, -0.05) is 0 Å². The Balaban J connectivity index is 1.39. The van der Waals surface area contributed by atoms with Crippen LogP contribution in [-0.4, -0.2) is 68.1 Å². The third-order valence-electron chi connectivity index (χ3n) is 5.73. The zero-order valence-electron chi connectivity index (χ0n) is 13.3. The summed E-state index contributed by atoms with van der Waals surface area (Å²) in [5, 5.41) is 0. The van der Waals surface area contributed by atoms with E-state index in [1.54, 1.807) is 0 Å². The zero-order chi connectivity index (χ0) is 14.4. The summed E-state index contributed by atoms with van der Waals surface area (Å²) in [6, 6.07) is 2.24. The molecule has 1 aromatic rings. The zero-order valence-corrected chi connectivity index (χ0v) is 13.3. The minimum atomic E-state index is 0.387. The summed E-state index contributed by atoms with van der Waals surface area (Å²) in [4.78, 5) is 11.8. The molecule has 3 aliphatic heterocycles. The molecule has 0 saturated carbocycles. The quantitative estimate of drug-likeness (QED) is 0.820. The lowest BCUT2D eigenvalue weighted by Gasteiger charge is -2.50. The normalized spacial score (nSPS) is 26.1. The topological polar surface area (TPSA) is 22.6 Å². The van der Waals surface area contributed by atoms with Gasteiger partial charge in [0.2, 0.25) is 0 Å². The molecule has 0 radical (unpaired) electrons. The Morgan fingerprint density at radius 3 is 2.71 bits per heavy atom. The van der Waals surface area contributed by atoms with Gasteiger partial charge in [0.25, 0.3) is 0 Å². The molecular formula is C17H26N4. The van der Waals surface area contributed by atoms with Crippen LogP contribution in [0.3, 0.4) is 0 Å². The molecule has 0 unspecified atom stereocenters. The second-order valence-electron chi connectivity index (χ2n) is 7.45. The second-order valence-corrected chi connectivity index (χ2v) is 7.45. The van der Waals surface area contributed by atoms with Gasteiger partial charge in [-0.05, 0) is 50.5 Å². The number of rotatable bonds is 2. The highest BCUT2D eigenvalue weighted by Gasteiger charge is 2.50. The van der Waals surface area contributed by atoms with Crippen molar-refractivity contribution in [3.8, 4) is 0 Å². The van der Waals surface area contributed by atoms with E-state index in [-0.39, 0.29) is 0 Å². The first kappa shape index (κ1) is 13.5. The average molecular weight is 286 g/mol. The third kappa shape index (κ3) is 2.25. The summed E-state index contributed by atoms with van der Waals surface area (Å²) in [6.07, 6.45) is 6.74. The summed E-state index contributed by atoms with van der Waals surface area (Å²) >= 11 is 0. The predicted octanol–water partition coefficient (Wildman–Crippen LogP) is 1.43. The molecule has 4 heteroatoms. The molecule has 1 spiro atoms. The Hall–Kier alpha value is -1.13. The number of nitrogens with zero attached hydrogens (tertiary/aromatic N) is 4. The van der Waals surface area contributed by atoms with E-state index in [0.717, 1.165) is 12.5 Å². The third-order valence-corrected chi connectivity index (χ3v) is 5.73. The molecule has 0 aliphatic carbocycles. The predicted molar refractivity (Wildman–Crippen MR) is 85.8 cm³/mol. The van der Waals surface area contributed by atoms with Crippen molar-refractivity contribution < 1.29 is 0 Å². The van der Waals surface area contributed by atoms with Crippen LogP contribution in [-0.2, 0) is 5.41 Å². The van der Waals surface area contributed by atoms with E-state index in [4.69, 9.17) is 0 Å². The number of hydrogen-bond acceptors (Lipinski definition) is 4. The largest absolute Gasteiger partial charge is 0.372 e. The summed E-state index contributed by atoms with van der Waals surface area (Å²) in [5.41, 5.74) is 3.26. The maximum atomic E-state index is 4.29. The van der Waals surface area contributed by atoms with E-state index in [9.17, 15) is 0 Å². The summed E-state index contributed by atoms with van der Waals surface area (Å²) < 4.78 is 0. The van der Waals surface area contributed by atoms with Gasteiger partial charge in [0.05, 0.1) is 11.9 Å². The number of likely N-dealkylation sites (N-methyl/N-ethyl adjacent to an activating group) is 1. The van der Waals surface area contributed by atoms with Crippen LogP contribution < -0.4 is 4.90 Å². The monoisotopic (exact) mass is 286 g/mol. The molecule has 0 aromatic carbocycles. The van der Waals surface area contributed by atoms with Crippen molar-refractivity contribution >= 4 is 5.69 Å². The van der Waals surface area contributed by atoms with Crippen LogP contribution in [0.1, 0.15) is 18.4 Å². The number of hydrogen-bond donors (Lipinski definition) is 0. The molecule has 0 amide bonds. The van der Waals surface area contributed by atoms with Crippen LogP contribution in [0.25, 0.3) is 0 Å². The van der Waals surface area contributed by atoms with Gasteiger partial charge >= 0.3 is 0 Å². The van der Waals surface area contributed by atoms with E-state index in [1.165, 1.54) is 56.8 Å². The number of anilines is 1. The molecule has 2 fully saturated rings. The number of aromatic nitrogens is 1. The number of fused-ring (bicyclic) bond motifs is 2. The maximum absolute atomic E-state index is 4.29. The smallest absolute Gasteiger partial charge is 0.0590 e. The van der Waals surface area contributed by atoms with E-state index >= 15 is 0 Å². The van der Waals surface area contributed by atoms with Crippen molar-refractivity contribution in [3.63, 3.8) is 0 Å². The van der Waals surface area contributed by atoms with Crippen molar-refractivity contribution in [2.45, 2.75) is 18.3 Å². The molecule has 21 heavy (non-hydrogen) atoms. The first-order chi connectivity index (χ1) is 10.2. The molecule has 4 heterocycles. The lowest BCUT2D eigenvalue weighted by molar-refractivity contribution is 0.0470. The Morgan fingerprint density at radius 2 is 1.95 bits per heavy atom. The lowest BCUT2D eigenvalue weighted by atomic mass is 9.75. The van der Waals surface area contributed by atoms with Gasteiger partial charge in [0.15, 0.2) is 0 Å². The first-order valence-corrected chi connectivity index (χ1v) is 8.23. The highest BCUT2D eigenvalue weighted by atomic mass is 15.3. The molecule has 4 rings (SSSR count). The number of pyridine rings is 1. The van der Waals surface area contributed by atoms with Crippen LogP contribution in [0.4, 0.5) is 5.69 Å². The van der Waals surface area contributed by atoms with Crippen molar-refractivity contribution in [2.24, 2.45) is 5.92 Å². The van der Waals surface area contributed by atoms with Gasteiger partial charge in [0, 0.05) is 44.8 Å². The minimum absolute atomic E-state index is 0.387. The fraction of sp³-hybridized carbons (Fsp3) is 0.706. The van der Waals surface area contributed by atoms with Crippen LogP contribution >= 0.6 is 0 Å². The van der Waals surface area contributed by atoms with Crippen molar-refractivity contribution in [3.05, 3.63) is 24.0 Å². The first-order valence-electron chi connectivity index (χ1n) is 8.23. The van der Waals surface area contributed by atoms with Crippen LogP contribution in [0.15, 0.2) is 18.5 Å². The molecule has 3 aliphatic rings. The Kier molecular flexibility index (Phi) is 3.19. The van der Waals surface area contributed by atoms with Crippen LogP contribution in [0.5, 0.6) is 0 Å². The van der Waals surface area contributed by atoms with Crippen LogP contribution in [0, 0.1) is 5.92 Å². The standard InChI is InChI=1S/C17H26N4/c1-19-7-4-14(5-8-19)10-21-12-17(13-21)11-20(2)16-9-18-6-3-15(16)17/h3,6,9,14H,4-5,7-8,10-13H2,1-2H3. The fourth-order valence-corrected chi connectivity index (χ4v) is 4.58. The van der Waals surface area contributed by atoms with Crippen LogP contribution in [0.2, 0.25) is 0 Å². The minimum Gasteiger partial charge on any atom is -0.372 e. The van der Waals surface area contributed by atoms with Gasteiger partial charge in [-0.25, -0.2) is 0 Å². The van der Waals surface area contributed by atoms with Gasteiger partial charge in [-0.2, -0.15) is 0 Å². The molecular weight excluding hydrogens is 260 g/mol. The summed E-state index contributed by atoms with van der Waals surface area (Å²) in [7, 11) is 4.45. The molecule has 4 nitrogen and oxygen atoms in total.